The highest BCUT2D eigenvalue weighted by molar-refractivity contribution is 5.83. The third kappa shape index (κ3) is 2.85. The van der Waals surface area contributed by atoms with Crippen molar-refractivity contribution >= 4 is 16.6 Å². The van der Waals surface area contributed by atoms with Gasteiger partial charge in [-0.05, 0) is 49.1 Å². The van der Waals surface area contributed by atoms with Gasteiger partial charge >= 0.3 is 0 Å². The fourth-order valence-electron chi connectivity index (χ4n) is 2.67. The van der Waals surface area contributed by atoms with Crippen molar-refractivity contribution in [1.82, 2.24) is 4.57 Å². The van der Waals surface area contributed by atoms with E-state index in [1.54, 1.807) is 0 Å². The summed E-state index contributed by atoms with van der Waals surface area (Å²) < 4.78 is 2.32. The predicted molar refractivity (Wildman–Crippen MR) is 85.7 cm³/mol. The summed E-state index contributed by atoms with van der Waals surface area (Å²) in [6.07, 6.45) is 5.74. The lowest BCUT2D eigenvalue weighted by atomic mass is 10.1. The Kier molecular flexibility index (Phi) is 3.73. The maximum atomic E-state index is 5.81. The van der Waals surface area contributed by atoms with E-state index in [-0.39, 0.29) is 0 Å². The highest BCUT2D eigenvalue weighted by Crippen LogP contribution is 2.19. The monoisotopic (exact) mass is 264 g/mol. The highest BCUT2D eigenvalue weighted by Gasteiger charge is 2.01. The van der Waals surface area contributed by atoms with Gasteiger partial charge in [0.1, 0.15) is 0 Å². The summed E-state index contributed by atoms with van der Waals surface area (Å²) in [5.41, 5.74) is 9.35. The summed E-state index contributed by atoms with van der Waals surface area (Å²) in [6.45, 7) is 1.07. The molecule has 0 aliphatic rings. The molecule has 0 unspecified atom stereocenters. The number of benzene rings is 2. The van der Waals surface area contributed by atoms with E-state index >= 15 is 0 Å². The second-order valence-corrected chi connectivity index (χ2v) is 5.27. The van der Waals surface area contributed by atoms with Crippen LogP contribution in [0.2, 0.25) is 0 Å². The zero-order valence-corrected chi connectivity index (χ0v) is 11.6. The Bertz CT molecular complexity index is 683. The molecule has 1 heterocycles. The van der Waals surface area contributed by atoms with Crippen molar-refractivity contribution in [3.05, 3.63) is 66.4 Å². The minimum Gasteiger partial charge on any atom is -0.399 e. The first-order valence-corrected chi connectivity index (χ1v) is 7.21. The van der Waals surface area contributed by atoms with Gasteiger partial charge in [-0.1, -0.05) is 30.3 Å². The standard InChI is InChI=1S/C18H20N2/c19-17-9-10-18-16(14-17)11-13-20(18)12-5-4-8-15-6-2-1-3-7-15/h1-3,6-7,9-11,13-14H,4-5,8,12,19H2. The molecule has 0 fully saturated rings. The quantitative estimate of drug-likeness (QED) is 0.542. The lowest BCUT2D eigenvalue weighted by Crippen LogP contribution is -1.97. The maximum Gasteiger partial charge on any atom is 0.0481 e. The van der Waals surface area contributed by atoms with Gasteiger partial charge in [-0.25, -0.2) is 0 Å². The molecule has 20 heavy (non-hydrogen) atoms. The number of fused-ring (bicyclic) bond motifs is 1. The van der Waals surface area contributed by atoms with Crippen molar-refractivity contribution in [2.75, 3.05) is 5.73 Å². The van der Waals surface area contributed by atoms with Crippen LogP contribution in [-0.2, 0) is 13.0 Å². The highest BCUT2D eigenvalue weighted by atomic mass is 14.9. The number of unbranched alkanes of at least 4 members (excludes halogenated alkanes) is 1. The number of nitrogens with zero attached hydrogens (tertiary/aromatic N) is 1. The topological polar surface area (TPSA) is 30.9 Å². The zero-order valence-electron chi connectivity index (χ0n) is 11.6. The van der Waals surface area contributed by atoms with Gasteiger partial charge in [0.05, 0.1) is 0 Å². The molecule has 2 aromatic carbocycles. The van der Waals surface area contributed by atoms with Gasteiger partial charge in [0.25, 0.3) is 0 Å². The van der Waals surface area contributed by atoms with E-state index in [1.807, 2.05) is 12.1 Å². The van der Waals surface area contributed by atoms with Crippen molar-refractivity contribution in [3.8, 4) is 0 Å². The first-order chi connectivity index (χ1) is 9.83. The second-order valence-electron chi connectivity index (χ2n) is 5.27. The summed E-state index contributed by atoms with van der Waals surface area (Å²) in [5.74, 6) is 0. The Balaban J connectivity index is 1.58. The van der Waals surface area contributed by atoms with Gasteiger partial charge in [0.2, 0.25) is 0 Å². The van der Waals surface area contributed by atoms with E-state index in [2.05, 4.69) is 53.2 Å². The molecule has 2 N–H and O–H groups in total. The van der Waals surface area contributed by atoms with Crippen LogP contribution < -0.4 is 5.73 Å². The molecule has 0 saturated heterocycles. The van der Waals surface area contributed by atoms with Crippen molar-refractivity contribution in [3.63, 3.8) is 0 Å². The first-order valence-electron chi connectivity index (χ1n) is 7.21. The molecular weight excluding hydrogens is 244 g/mol. The van der Waals surface area contributed by atoms with Gasteiger partial charge in [-0.3, -0.25) is 0 Å². The lowest BCUT2D eigenvalue weighted by Gasteiger charge is -2.06. The number of rotatable bonds is 5. The van der Waals surface area contributed by atoms with E-state index in [9.17, 15) is 0 Å². The number of nitrogens with two attached hydrogens (primary N) is 1. The van der Waals surface area contributed by atoms with Crippen LogP contribution in [0.3, 0.4) is 0 Å². The van der Waals surface area contributed by atoms with Gasteiger partial charge in [-0.15, -0.1) is 0 Å². The van der Waals surface area contributed by atoms with E-state index in [0.717, 1.165) is 18.7 Å². The van der Waals surface area contributed by atoms with Gasteiger partial charge in [0.15, 0.2) is 0 Å². The molecule has 2 heteroatoms. The molecular formula is C18H20N2. The Morgan fingerprint density at radius 1 is 0.900 bits per heavy atom. The van der Waals surface area contributed by atoms with Crippen LogP contribution in [0.5, 0.6) is 0 Å². The number of anilines is 1. The molecule has 3 aromatic rings. The average molecular weight is 264 g/mol. The molecule has 0 saturated carbocycles. The van der Waals surface area contributed by atoms with Gasteiger partial charge < -0.3 is 10.3 Å². The molecule has 1 aromatic heterocycles. The maximum absolute atomic E-state index is 5.81. The molecule has 102 valence electrons. The third-order valence-corrected chi connectivity index (χ3v) is 3.75. The van der Waals surface area contributed by atoms with Crippen molar-refractivity contribution < 1.29 is 0 Å². The van der Waals surface area contributed by atoms with E-state index in [1.165, 1.54) is 29.3 Å². The van der Waals surface area contributed by atoms with Gasteiger partial charge in [-0.2, -0.15) is 0 Å². The zero-order chi connectivity index (χ0) is 13.8. The minimum absolute atomic E-state index is 0.833. The van der Waals surface area contributed by atoms with Crippen LogP contribution in [0.15, 0.2) is 60.8 Å². The SMILES string of the molecule is Nc1ccc2c(ccn2CCCCc2ccccc2)c1. The largest absolute Gasteiger partial charge is 0.399 e. The third-order valence-electron chi connectivity index (χ3n) is 3.75. The lowest BCUT2D eigenvalue weighted by molar-refractivity contribution is 0.624. The Morgan fingerprint density at radius 3 is 2.60 bits per heavy atom. The smallest absolute Gasteiger partial charge is 0.0481 e. The summed E-state index contributed by atoms with van der Waals surface area (Å²) in [7, 11) is 0. The summed E-state index contributed by atoms with van der Waals surface area (Å²) in [5, 5.41) is 1.23. The summed E-state index contributed by atoms with van der Waals surface area (Å²) in [6, 6.07) is 19.0. The van der Waals surface area contributed by atoms with Crippen LogP contribution in [-0.4, -0.2) is 4.57 Å². The predicted octanol–water partition coefficient (Wildman–Crippen LogP) is 4.25. The summed E-state index contributed by atoms with van der Waals surface area (Å²) >= 11 is 0. The van der Waals surface area contributed by atoms with Crippen LogP contribution >= 0.6 is 0 Å². The minimum atomic E-state index is 0.833. The second kappa shape index (κ2) is 5.83. The van der Waals surface area contributed by atoms with Crippen LogP contribution in [0, 0.1) is 0 Å². The Labute approximate surface area is 119 Å². The van der Waals surface area contributed by atoms with Crippen molar-refractivity contribution in [2.45, 2.75) is 25.8 Å². The Hall–Kier alpha value is -2.22. The molecule has 3 rings (SSSR count). The average Bonchev–Trinajstić information content (AvgIpc) is 2.87. The van der Waals surface area contributed by atoms with E-state index in [4.69, 9.17) is 5.73 Å². The van der Waals surface area contributed by atoms with Crippen LogP contribution in [0.4, 0.5) is 5.69 Å². The molecule has 0 spiro atoms. The fourth-order valence-corrected chi connectivity index (χ4v) is 2.67. The number of nitrogen functional groups attached to an aromatic ring is 1. The summed E-state index contributed by atoms with van der Waals surface area (Å²) in [4.78, 5) is 0. The molecule has 0 aliphatic carbocycles. The van der Waals surface area contributed by atoms with Crippen molar-refractivity contribution in [1.29, 1.82) is 0 Å². The molecule has 0 atom stereocenters. The fraction of sp³-hybridized carbons (Fsp3) is 0.222. The first kappa shape index (κ1) is 12.8. The molecule has 0 radical (unpaired) electrons. The number of hydrogen-bond donors (Lipinski definition) is 1. The molecule has 0 amide bonds. The number of aromatic nitrogens is 1. The van der Waals surface area contributed by atoms with Crippen LogP contribution in [0.1, 0.15) is 18.4 Å². The molecule has 2 nitrogen and oxygen atoms in total. The molecule has 0 aliphatic heterocycles. The molecule has 0 bridgehead atoms. The van der Waals surface area contributed by atoms with E-state index in [0.29, 0.717) is 0 Å². The number of aryl methyl sites for hydroxylation is 2. The van der Waals surface area contributed by atoms with Gasteiger partial charge in [0, 0.05) is 29.3 Å². The Morgan fingerprint density at radius 2 is 1.75 bits per heavy atom. The normalized spacial score (nSPS) is 11.0. The number of hydrogen-bond acceptors (Lipinski definition) is 1. The van der Waals surface area contributed by atoms with E-state index < -0.39 is 0 Å². The van der Waals surface area contributed by atoms with Crippen molar-refractivity contribution in [2.24, 2.45) is 0 Å². The van der Waals surface area contributed by atoms with Crippen LogP contribution in [0.25, 0.3) is 10.9 Å².